The number of carbonyl (C=O) groups excluding carboxylic acids is 1. The number of halogens is 2. The van der Waals surface area contributed by atoms with Gasteiger partial charge in [0, 0.05) is 16.9 Å². The monoisotopic (exact) mass is 301 g/mol. The van der Waals surface area contributed by atoms with Crippen molar-refractivity contribution in [2.24, 2.45) is 0 Å². The molecule has 16 heavy (non-hydrogen) atoms. The van der Waals surface area contributed by atoms with Crippen LogP contribution in [-0.2, 0) is 0 Å². The molecule has 1 aromatic rings. The first kappa shape index (κ1) is 13.3. The number of nitrogens with one attached hydrogen (secondary N) is 1. The molecule has 2 nitrogen and oxygen atoms in total. The highest BCUT2D eigenvalue weighted by molar-refractivity contribution is 9.10. The second-order valence-corrected chi connectivity index (χ2v) is 4.48. The van der Waals surface area contributed by atoms with Crippen LogP contribution in [0.25, 0.3) is 0 Å². The third-order valence-electron chi connectivity index (χ3n) is 2.00. The number of benzene rings is 1. The van der Waals surface area contributed by atoms with E-state index in [-0.39, 0.29) is 5.91 Å². The van der Waals surface area contributed by atoms with Crippen LogP contribution in [0, 0.1) is 6.92 Å². The number of rotatable bonds is 4. The van der Waals surface area contributed by atoms with Crippen molar-refractivity contribution < 1.29 is 4.79 Å². The molecular weight excluding hydrogens is 289 g/mol. The number of hydrogen-bond acceptors (Lipinski definition) is 1. The highest BCUT2D eigenvalue weighted by atomic mass is 79.9. The number of allylic oxidation sites excluding steroid dienone is 1. The maximum absolute atomic E-state index is 11.8. The predicted octanol–water partition coefficient (Wildman–Crippen LogP) is 3.28. The molecule has 0 saturated heterocycles. The Morgan fingerprint density at radius 2 is 2.25 bits per heavy atom. The van der Waals surface area contributed by atoms with Gasteiger partial charge in [-0.15, -0.1) is 11.6 Å². The molecule has 0 aliphatic heterocycles. The summed E-state index contributed by atoms with van der Waals surface area (Å²) < 4.78 is 0.803. The van der Waals surface area contributed by atoms with Gasteiger partial charge in [0.25, 0.3) is 5.91 Å². The van der Waals surface area contributed by atoms with E-state index in [0.29, 0.717) is 18.0 Å². The van der Waals surface area contributed by atoms with Crippen LogP contribution < -0.4 is 5.32 Å². The first-order valence-corrected chi connectivity index (χ1v) is 6.23. The molecule has 1 rings (SSSR count). The zero-order valence-corrected chi connectivity index (χ0v) is 11.3. The summed E-state index contributed by atoms with van der Waals surface area (Å²) in [5.41, 5.74) is 1.71. The molecular formula is C12H13BrClNO. The summed E-state index contributed by atoms with van der Waals surface area (Å²) in [6, 6.07) is 5.68. The Bertz CT molecular complexity index is 404. The Morgan fingerprint density at radius 1 is 1.50 bits per heavy atom. The zero-order chi connectivity index (χ0) is 12.0. The second kappa shape index (κ2) is 6.71. The number of aryl methyl sites for hydroxylation is 1. The summed E-state index contributed by atoms with van der Waals surface area (Å²) in [5, 5.41) is 2.79. The van der Waals surface area contributed by atoms with Crippen LogP contribution in [0.5, 0.6) is 0 Å². The Kier molecular flexibility index (Phi) is 5.56. The molecule has 0 bridgehead atoms. The van der Waals surface area contributed by atoms with Crippen molar-refractivity contribution in [3.8, 4) is 0 Å². The third kappa shape index (κ3) is 3.99. The lowest BCUT2D eigenvalue weighted by molar-refractivity contribution is 0.0957. The summed E-state index contributed by atoms with van der Waals surface area (Å²) in [7, 11) is 0. The predicted molar refractivity (Wildman–Crippen MR) is 71.1 cm³/mol. The van der Waals surface area contributed by atoms with Crippen molar-refractivity contribution in [2.75, 3.05) is 12.4 Å². The lowest BCUT2D eigenvalue weighted by Crippen LogP contribution is -2.23. The Balaban J connectivity index is 2.65. The minimum Gasteiger partial charge on any atom is -0.349 e. The van der Waals surface area contributed by atoms with E-state index in [1.54, 1.807) is 6.08 Å². The maximum Gasteiger partial charge on any atom is 0.252 e. The number of carbonyl (C=O) groups is 1. The van der Waals surface area contributed by atoms with Crippen molar-refractivity contribution >= 4 is 33.4 Å². The lowest BCUT2D eigenvalue weighted by Gasteiger charge is -2.05. The molecule has 0 aliphatic carbocycles. The van der Waals surface area contributed by atoms with Gasteiger partial charge >= 0.3 is 0 Å². The van der Waals surface area contributed by atoms with Gasteiger partial charge in [0.2, 0.25) is 0 Å². The quantitative estimate of drug-likeness (QED) is 0.671. The molecule has 1 N–H and O–H groups in total. The van der Waals surface area contributed by atoms with Crippen LogP contribution in [-0.4, -0.2) is 18.3 Å². The molecule has 0 unspecified atom stereocenters. The van der Waals surface area contributed by atoms with Gasteiger partial charge in [-0.2, -0.15) is 0 Å². The maximum atomic E-state index is 11.8. The van der Waals surface area contributed by atoms with Crippen LogP contribution in [0.3, 0.4) is 0 Å². The van der Waals surface area contributed by atoms with Crippen molar-refractivity contribution in [1.29, 1.82) is 0 Å². The van der Waals surface area contributed by atoms with Gasteiger partial charge in [-0.25, -0.2) is 0 Å². The van der Waals surface area contributed by atoms with Crippen molar-refractivity contribution in [2.45, 2.75) is 6.92 Å². The minimum atomic E-state index is -0.0882. The first-order valence-electron chi connectivity index (χ1n) is 4.90. The van der Waals surface area contributed by atoms with Gasteiger partial charge in [-0.3, -0.25) is 4.79 Å². The summed E-state index contributed by atoms with van der Waals surface area (Å²) in [4.78, 5) is 11.8. The molecule has 0 aliphatic rings. The largest absolute Gasteiger partial charge is 0.349 e. The fourth-order valence-corrected chi connectivity index (χ4v) is 1.76. The summed E-state index contributed by atoms with van der Waals surface area (Å²) >= 11 is 8.83. The standard InChI is InChI=1S/C12H13BrClNO/c1-9-4-5-11(13)10(8-9)12(16)15-7-3-2-6-14/h2-5,8H,6-7H2,1H3,(H,15,16)/b3-2+. The Hall–Kier alpha value is -0.800. The normalized spacial score (nSPS) is 10.7. The molecule has 0 atom stereocenters. The van der Waals surface area contributed by atoms with Gasteiger partial charge in [0.05, 0.1) is 5.56 Å². The van der Waals surface area contributed by atoms with E-state index >= 15 is 0 Å². The molecule has 86 valence electrons. The van der Waals surface area contributed by atoms with Gasteiger partial charge in [0.1, 0.15) is 0 Å². The molecule has 4 heteroatoms. The van der Waals surface area contributed by atoms with Crippen LogP contribution in [0.15, 0.2) is 34.8 Å². The van der Waals surface area contributed by atoms with Gasteiger partial charge in [-0.1, -0.05) is 23.8 Å². The van der Waals surface area contributed by atoms with E-state index in [0.717, 1.165) is 10.0 Å². The highest BCUT2D eigenvalue weighted by Crippen LogP contribution is 2.17. The van der Waals surface area contributed by atoms with E-state index in [2.05, 4.69) is 21.2 Å². The third-order valence-corrected chi connectivity index (χ3v) is 2.87. The van der Waals surface area contributed by atoms with Crippen molar-refractivity contribution in [3.63, 3.8) is 0 Å². The van der Waals surface area contributed by atoms with E-state index in [1.165, 1.54) is 0 Å². The summed E-state index contributed by atoms with van der Waals surface area (Å²) in [6.45, 7) is 2.45. The Morgan fingerprint density at radius 3 is 2.94 bits per heavy atom. The number of amides is 1. The van der Waals surface area contributed by atoms with E-state index in [4.69, 9.17) is 11.6 Å². The Labute approximate surface area is 109 Å². The van der Waals surface area contributed by atoms with Crippen LogP contribution >= 0.6 is 27.5 Å². The van der Waals surface area contributed by atoms with Gasteiger partial charge in [-0.05, 0) is 35.0 Å². The van der Waals surface area contributed by atoms with Gasteiger partial charge in [0.15, 0.2) is 0 Å². The lowest BCUT2D eigenvalue weighted by atomic mass is 10.1. The first-order chi connectivity index (χ1) is 7.65. The van der Waals surface area contributed by atoms with Gasteiger partial charge < -0.3 is 5.32 Å². The van der Waals surface area contributed by atoms with Crippen molar-refractivity contribution in [1.82, 2.24) is 5.32 Å². The molecule has 0 heterocycles. The fourth-order valence-electron chi connectivity index (χ4n) is 1.21. The summed E-state index contributed by atoms with van der Waals surface area (Å²) in [5.74, 6) is 0.374. The van der Waals surface area contributed by atoms with Crippen LogP contribution in [0.4, 0.5) is 0 Å². The number of hydrogen-bond donors (Lipinski definition) is 1. The molecule has 0 saturated carbocycles. The topological polar surface area (TPSA) is 29.1 Å². The van der Waals surface area contributed by atoms with Crippen LogP contribution in [0.2, 0.25) is 0 Å². The fraction of sp³-hybridized carbons (Fsp3) is 0.250. The molecule has 0 fully saturated rings. The van der Waals surface area contributed by atoms with E-state index < -0.39 is 0 Å². The highest BCUT2D eigenvalue weighted by Gasteiger charge is 2.08. The average molecular weight is 303 g/mol. The average Bonchev–Trinajstić information content (AvgIpc) is 2.27. The van der Waals surface area contributed by atoms with E-state index in [1.807, 2.05) is 31.2 Å². The number of alkyl halides is 1. The second-order valence-electron chi connectivity index (χ2n) is 3.32. The smallest absolute Gasteiger partial charge is 0.252 e. The molecule has 0 radical (unpaired) electrons. The van der Waals surface area contributed by atoms with Crippen molar-refractivity contribution in [3.05, 3.63) is 46.0 Å². The van der Waals surface area contributed by atoms with Crippen LogP contribution in [0.1, 0.15) is 15.9 Å². The van der Waals surface area contributed by atoms with E-state index in [9.17, 15) is 4.79 Å². The molecule has 0 spiro atoms. The molecule has 1 aromatic carbocycles. The SMILES string of the molecule is Cc1ccc(Br)c(C(=O)NC/C=C/CCl)c1. The molecule has 0 aromatic heterocycles. The summed E-state index contributed by atoms with van der Waals surface area (Å²) in [6.07, 6.45) is 3.63. The minimum absolute atomic E-state index is 0.0882. The zero-order valence-electron chi connectivity index (χ0n) is 8.97. The molecule has 1 amide bonds.